The maximum Gasteiger partial charge on any atom is 0.327 e. The molecule has 0 unspecified atom stereocenters. The van der Waals surface area contributed by atoms with Crippen molar-refractivity contribution in [1.29, 1.82) is 0 Å². The number of carbonyl (C=O) groups excluding carboxylic acids is 2. The van der Waals surface area contributed by atoms with E-state index >= 15 is 0 Å². The van der Waals surface area contributed by atoms with Crippen LogP contribution < -0.4 is 0 Å². The average molecular weight is 445 g/mol. The van der Waals surface area contributed by atoms with Crippen molar-refractivity contribution in [3.05, 3.63) is 53.8 Å². The Morgan fingerprint density at radius 3 is 2.35 bits per heavy atom. The molecular formula is C24H32O6Si. The van der Waals surface area contributed by atoms with Crippen molar-refractivity contribution in [1.82, 2.24) is 0 Å². The lowest BCUT2D eigenvalue weighted by Gasteiger charge is -2.47. The summed E-state index contributed by atoms with van der Waals surface area (Å²) in [6, 6.07) is 9.37. The molecule has 3 atom stereocenters. The van der Waals surface area contributed by atoms with Gasteiger partial charge in [-0.3, -0.25) is 9.59 Å². The molecule has 1 aromatic rings. The van der Waals surface area contributed by atoms with Crippen LogP contribution in [0.2, 0.25) is 19.6 Å². The van der Waals surface area contributed by atoms with Crippen LogP contribution in [0.5, 0.6) is 0 Å². The predicted molar refractivity (Wildman–Crippen MR) is 121 cm³/mol. The van der Waals surface area contributed by atoms with E-state index in [2.05, 4.69) is 19.6 Å². The molecule has 0 saturated carbocycles. The van der Waals surface area contributed by atoms with Crippen LogP contribution in [0.15, 0.2) is 48.2 Å². The van der Waals surface area contributed by atoms with Crippen LogP contribution in [0, 0.1) is 5.41 Å². The third kappa shape index (κ3) is 4.77. The molecule has 0 aromatic heterocycles. The molecule has 0 radical (unpaired) electrons. The lowest BCUT2D eigenvalue weighted by atomic mass is 9.67. The number of ketones is 1. The van der Waals surface area contributed by atoms with Gasteiger partial charge in [-0.05, 0) is 46.5 Å². The van der Waals surface area contributed by atoms with E-state index in [1.807, 2.05) is 30.3 Å². The van der Waals surface area contributed by atoms with E-state index in [-0.39, 0.29) is 12.2 Å². The van der Waals surface area contributed by atoms with Crippen molar-refractivity contribution in [3.8, 4) is 0 Å². The first-order valence-corrected chi connectivity index (χ1v) is 13.9. The molecule has 1 aliphatic heterocycles. The van der Waals surface area contributed by atoms with Gasteiger partial charge < -0.3 is 18.6 Å². The Labute approximate surface area is 185 Å². The highest BCUT2D eigenvalue weighted by Gasteiger charge is 2.64. The highest BCUT2D eigenvalue weighted by molar-refractivity contribution is 6.70. The van der Waals surface area contributed by atoms with E-state index in [1.54, 1.807) is 26.8 Å². The fraction of sp³-hybridized carbons (Fsp3) is 0.500. The number of rotatable bonds is 5. The first-order valence-electron chi connectivity index (χ1n) is 10.5. The van der Waals surface area contributed by atoms with E-state index in [1.165, 1.54) is 13.2 Å². The molecule has 6 nitrogen and oxygen atoms in total. The molecule has 7 heteroatoms. The summed E-state index contributed by atoms with van der Waals surface area (Å²) >= 11 is 0. The van der Waals surface area contributed by atoms with E-state index in [4.69, 9.17) is 18.6 Å². The van der Waals surface area contributed by atoms with Crippen LogP contribution in [-0.4, -0.2) is 45.0 Å². The number of allylic oxidation sites excluding steroid dienone is 1. The summed E-state index contributed by atoms with van der Waals surface area (Å²) in [5.74, 6) is 0.0803. The topological polar surface area (TPSA) is 71.1 Å². The van der Waals surface area contributed by atoms with Crippen LogP contribution in [0.4, 0.5) is 0 Å². The van der Waals surface area contributed by atoms with Crippen molar-refractivity contribution < 1.29 is 28.2 Å². The standard InChI is InChI=1S/C24H32O6Si/c1-23(2,3)29-22(26)24-19(25)15-18(16-11-9-8-10-12-16)28-21(24)14-17(13-20(24)27-4)30-31(5,6)7/h8-13,15,20-21H,14H2,1-7H3/t20-,21+,24+/m0/s1. The molecule has 2 aliphatic rings. The van der Waals surface area contributed by atoms with Crippen LogP contribution in [-0.2, 0) is 28.2 Å². The van der Waals surface area contributed by atoms with Crippen molar-refractivity contribution in [2.24, 2.45) is 5.41 Å². The zero-order valence-corrected chi connectivity index (χ0v) is 20.4. The fourth-order valence-electron chi connectivity index (χ4n) is 3.94. The Balaban J connectivity index is 2.11. The first-order chi connectivity index (χ1) is 14.4. The molecule has 0 amide bonds. The fourth-order valence-corrected chi connectivity index (χ4v) is 4.88. The maximum absolute atomic E-state index is 13.6. The zero-order chi connectivity index (χ0) is 23.0. The Morgan fingerprint density at radius 2 is 1.81 bits per heavy atom. The molecule has 1 aliphatic carbocycles. The SMILES string of the molecule is CO[C@H]1C=C(O[Si](C)(C)C)C[C@H]2OC(c3ccccc3)=CC(=O)[C@@]12C(=O)OC(C)(C)C. The van der Waals surface area contributed by atoms with Gasteiger partial charge in [0.1, 0.15) is 23.6 Å². The Kier molecular flexibility index (Phi) is 6.22. The Morgan fingerprint density at radius 1 is 1.16 bits per heavy atom. The summed E-state index contributed by atoms with van der Waals surface area (Å²) in [5.41, 5.74) is -1.63. The third-order valence-corrected chi connectivity index (χ3v) is 5.98. The monoisotopic (exact) mass is 444 g/mol. The molecule has 0 N–H and O–H groups in total. The van der Waals surface area contributed by atoms with Crippen LogP contribution in [0.3, 0.4) is 0 Å². The van der Waals surface area contributed by atoms with Crippen molar-refractivity contribution in [3.63, 3.8) is 0 Å². The summed E-state index contributed by atoms with van der Waals surface area (Å²) in [6.45, 7) is 11.6. The predicted octanol–water partition coefficient (Wildman–Crippen LogP) is 4.48. The number of ether oxygens (including phenoxy) is 3. The average Bonchev–Trinajstić information content (AvgIpc) is 2.65. The number of carbonyl (C=O) groups is 2. The minimum atomic E-state index is -1.93. The second-order valence-electron chi connectivity index (χ2n) is 9.92. The van der Waals surface area contributed by atoms with Gasteiger partial charge in [0.15, 0.2) is 11.2 Å². The van der Waals surface area contributed by atoms with Crippen molar-refractivity contribution >= 4 is 25.8 Å². The molecule has 0 fully saturated rings. The second-order valence-corrected chi connectivity index (χ2v) is 14.4. The Hall–Kier alpha value is -2.38. The Bertz CT molecular complexity index is 906. The molecule has 1 aromatic carbocycles. The first kappa shape index (κ1) is 23.3. The van der Waals surface area contributed by atoms with Gasteiger partial charge in [-0.1, -0.05) is 30.3 Å². The van der Waals surface area contributed by atoms with Gasteiger partial charge in [0.25, 0.3) is 0 Å². The van der Waals surface area contributed by atoms with E-state index in [9.17, 15) is 9.59 Å². The summed E-state index contributed by atoms with van der Waals surface area (Å²) in [6.07, 6.45) is 1.73. The lowest BCUT2D eigenvalue weighted by molar-refractivity contribution is -0.189. The maximum atomic E-state index is 13.6. The molecule has 31 heavy (non-hydrogen) atoms. The molecule has 0 bridgehead atoms. The van der Waals surface area contributed by atoms with E-state index < -0.39 is 37.5 Å². The molecule has 3 rings (SSSR count). The normalized spacial score (nSPS) is 26.2. The number of hydrogen-bond donors (Lipinski definition) is 0. The van der Waals surface area contributed by atoms with Gasteiger partial charge in [-0.25, -0.2) is 0 Å². The van der Waals surface area contributed by atoms with Crippen LogP contribution in [0.25, 0.3) is 5.76 Å². The van der Waals surface area contributed by atoms with Crippen molar-refractivity contribution in [2.45, 2.75) is 64.6 Å². The summed E-state index contributed by atoms with van der Waals surface area (Å²) < 4.78 is 23.9. The lowest BCUT2D eigenvalue weighted by Crippen LogP contribution is -2.62. The summed E-state index contributed by atoms with van der Waals surface area (Å²) in [7, 11) is -0.449. The number of hydrogen-bond acceptors (Lipinski definition) is 6. The van der Waals surface area contributed by atoms with Crippen molar-refractivity contribution in [2.75, 3.05) is 7.11 Å². The molecule has 0 saturated heterocycles. The molecule has 1 heterocycles. The van der Waals surface area contributed by atoms with Gasteiger partial charge in [0, 0.05) is 25.2 Å². The van der Waals surface area contributed by atoms with Crippen LogP contribution in [0.1, 0.15) is 32.8 Å². The third-order valence-electron chi connectivity index (χ3n) is 5.11. The smallest absolute Gasteiger partial charge is 0.327 e. The largest absolute Gasteiger partial charge is 0.547 e. The van der Waals surface area contributed by atoms with Gasteiger partial charge in [-0.15, -0.1) is 0 Å². The van der Waals surface area contributed by atoms with E-state index in [0.29, 0.717) is 11.5 Å². The zero-order valence-electron chi connectivity index (χ0n) is 19.4. The van der Waals surface area contributed by atoms with Gasteiger partial charge in [-0.2, -0.15) is 0 Å². The van der Waals surface area contributed by atoms with Gasteiger partial charge in [0.05, 0.1) is 5.76 Å². The number of fused-ring (bicyclic) bond motifs is 1. The van der Waals surface area contributed by atoms with E-state index in [0.717, 1.165) is 5.56 Å². The highest BCUT2D eigenvalue weighted by atomic mass is 28.4. The second kappa shape index (κ2) is 8.28. The number of benzene rings is 1. The summed E-state index contributed by atoms with van der Waals surface area (Å²) in [5, 5.41) is 0. The molecule has 168 valence electrons. The minimum Gasteiger partial charge on any atom is -0.547 e. The summed E-state index contributed by atoms with van der Waals surface area (Å²) in [4.78, 5) is 27.1. The number of methoxy groups -OCH3 is 1. The molecule has 0 spiro atoms. The quantitative estimate of drug-likeness (QED) is 0.379. The van der Waals surface area contributed by atoms with Crippen LogP contribution >= 0.6 is 0 Å². The van der Waals surface area contributed by atoms with Gasteiger partial charge in [0.2, 0.25) is 8.32 Å². The molecular weight excluding hydrogens is 412 g/mol. The minimum absolute atomic E-state index is 0.277. The van der Waals surface area contributed by atoms with Gasteiger partial charge >= 0.3 is 5.97 Å². The highest BCUT2D eigenvalue weighted by Crippen LogP contribution is 2.47. The number of esters is 1.